The first-order valence-corrected chi connectivity index (χ1v) is 9.44. The lowest BCUT2D eigenvalue weighted by molar-refractivity contribution is -0.134. The Hall–Kier alpha value is -1.95. The lowest BCUT2D eigenvalue weighted by Gasteiger charge is -2.34. The van der Waals surface area contributed by atoms with Crippen LogP contribution in [0.4, 0.5) is 0 Å². The SMILES string of the molecule is CCCN(C(=O)CCc1ccc(OC)c(OC)c1OC)C1CCNCC1. The fraction of sp³-hybridized carbons (Fsp3) is 0.650. The zero-order chi connectivity index (χ0) is 18.9. The Morgan fingerprint density at radius 1 is 1.12 bits per heavy atom. The van der Waals surface area contributed by atoms with Gasteiger partial charge >= 0.3 is 0 Å². The van der Waals surface area contributed by atoms with E-state index in [1.165, 1.54) is 0 Å². The number of rotatable bonds is 9. The third-order valence-electron chi connectivity index (χ3n) is 4.93. The van der Waals surface area contributed by atoms with E-state index in [0.29, 0.717) is 36.1 Å². The zero-order valence-electron chi connectivity index (χ0n) is 16.5. The molecule has 0 aromatic heterocycles. The molecule has 26 heavy (non-hydrogen) atoms. The van der Waals surface area contributed by atoms with Crippen molar-refractivity contribution in [2.24, 2.45) is 0 Å². The van der Waals surface area contributed by atoms with E-state index in [-0.39, 0.29) is 5.91 Å². The van der Waals surface area contributed by atoms with Gasteiger partial charge in [-0.2, -0.15) is 0 Å². The Morgan fingerprint density at radius 3 is 2.38 bits per heavy atom. The van der Waals surface area contributed by atoms with E-state index in [0.717, 1.165) is 44.5 Å². The Morgan fingerprint density at radius 2 is 1.81 bits per heavy atom. The van der Waals surface area contributed by atoms with E-state index < -0.39 is 0 Å². The normalized spacial score (nSPS) is 14.8. The standard InChI is InChI=1S/C20H32N2O4/c1-5-14-22(16-10-12-21-13-11-16)18(23)9-7-15-6-8-17(24-2)20(26-4)19(15)25-3/h6,8,16,21H,5,7,9-14H2,1-4H3. The van der Waals surface area contributed by atoms with Crippen LogP contribution in [0.25, 0.3) is 0 Å². The minimum atomic E-state index is 0.218. The first kappa shape index (κ1) is 20.4. The average Bonchev–Trinajstić information content (AvgIpc) is 2.69. The van der Waals surface area contributed by atoms with E-state index in [1.54, 1.807) is 21.3 Å². The summed E-state index contributed by atoms with van der Waals surface area (Å²) in [7, 11) is 4.80. The average molecular weight is 364 g/mol. The molecule has 1 aromatic carbocycles. The summed E-state index contributed by atoms with van der Waals surface area (Å²) in [5.41, 5.74) is 0.959. The van der Waals surface area contributed by atoms with Crippen molar-refractivity contribution in [3.63, 3.8) is 0 Å². The van der Waals surface area contributed by atoms with Crippen molar-refractivity contribution in [2.75, 3.05) is 41.0 Å². The van der Waals surface area contributed by atoms with Crippen molar-refractivity contribution in [3.8, 4) is 17.2 Å². The summed E-state index contributed by atoms with van der Waals surface area (Å²) in [6.45, 7) is 4.93. The Kier molecular flexibility index (Phi) is 8.04. The molecule has 1 aliphatic rings. The highest BCUT2D eigenvalue weighted by Crippen LogP contribution is 2.40. The number of carbonyl (C=O) groups is 1. The lowest BCUT2D eigenvalue weighted by atomic mass is 10.0. The van der Waals surface area contributed by atoms with Crippen LogP contribution in [0.5, 0.6) is 17.2 Å². The summed E-state index contributed by atoms with van der Waals surface area (Å²) in [6.07, 6.45) is 4.13. The molecule has 0 bridgehead atoms. The van der Waals surface area contributed by atoms with Gasteiger partial charge in [0.05, 0.1) is 21.3 Å². The highest BCUT2D eigenvalue weighted by Gasteiger charge is 2.25. The number of amides is 1. The van der Waals surface area contributed by atoms with Crippen molar-refractivity contribution >= 4 is 5.91 Å². The highest BCUT2D eigenvalue weighted by molar-refractivity contribution is 5.77. The largest absolute Gasteiger partial charge is 0.493 e. The van der Waals surface area contributed by atoms with Gasteiger partial charge < -0.3 is 24.4 Å². The van der Waals surface area contributed by atoms with E-state index in [1.807, 2.05) is 12.1 Å². The van der Waals surface area contributed by atoms with E-state index in [9.17, 15) is 4.79 Å². The van der Waals surface area contributed by atoms with Crippen molar-refractivity contribution in [1.82, 2.24) is 10.2 Å². The number of methoxy groups -OCH3 is 3. The highest BCUT2D eigenvalue weighted by atomic mass is 16.5. The Balaban J connectivity index is 2.09. The number of piperidine rings is 1. The fourth-order valence-electron chi connectivity index (χ4n) is 3.62. The summed E-state index contributed by atoms with van der Waals surface area (Å²) in [5, 5.41) is 3.37. The number of carbonyl (C=O) groups excluding carboxylic acids is 1. The van der Waals surface area contributed by atoms with Gasteiger partial charge in [0.15, 0.2) is 11.5 Å². The van der Waals surface area contributed by atoms with Crippen molar-refractivity contribution in [3.05, 3.63) is 17.7 Å². The minimum absolute atomic E-state index is 0.218. The summed E-state index contributed by atoms with van der Waals surface area (Å²) in [5.74, 6) is 2.06. The van der Waals surface area contributed by atoms with Crippen molar-refractivity contribution in [2.45, 2.75) is 45.1 Å². The second-order valence-corrected chi connectivity index (χ2v) is 6.56. The number of nitrogens with one attached hydrogen (secondary N) is 1. The summed E-state index contributed by atoms with van der Waals surface area (Å²) in [6, 6.07) is 4.16. The molecule has 1 N–H and O–H groups in total. The smallest absolute Gasteiger partial charge is 0.223 e. The molecule has 0 unspecified atom stereocenters. The molecule has 6 nitrogen and oxygen atoms in total. The summed E-state index contributed by atoms with van der Waals surface area (Å²) < 4.78 is 16.3. The van der Waals surface area contributed by atoms with Crippen LogP contribution in [0.3, 0.4) is 0 Å². The molecule has 1 amide bonds. The zero-order valence-corrected chi connectivity index (χ0v) is 16.5. The molecule has 0 radical (unpaired) electrons. The van der Waals surface area contributed by atoms with Crippen LogP contribution < -0.4 is 19.5 Å². The fourth-order valence-corrected chi connectivity index (χ4v) is 3.62. The van der Waals surface area contributed by atoms with Crippen LogP contribution in [0, 0.1) is 0 Å². The predicted molar refractivity (Wildman–Crippen MR) is 102 cm³/mol. The number of aryl methyl sites for hydroxylation is 1. The topological polar surface area (TPSA) is 60.0 Å². The molecule has 1 heterocycles. The molecule has 1 aromatic rings. The molecular weight excluding hydrogens is 332 g/mol. The second-order valence-electron chi connectivity index (χ2n) is 6.56. The predicted octanol–water partition coefficient (Wildman–Crippen LogP) is 2.64. The molecule has 146 valence electrons. The number of ether oxygens (including phenoxy) is 3. The van der Waals surface area contributed by atoms with Crippen LogP contribution in [-0.4, -0.2) is 57.8 Å². The van der Waals surface area contributed by atoms with Gasteiger partial charge in [0, 0.05) is 19.0 Å². The Bertz CT molecular complexity index is 585. The minimum Gasteiger partial charge on any atom is -0.493 e. The summed E-state index contributed by atoms with van der Waals surface area (Å²) >= 11 is 0. The maximum Gasteiger partial charge on any atom is 0.223 e. The van der Waals surface area contributed by atoms with Gasteiger partial charge in [-0.3, -0.25) is 4.79 Å². The molecular formula is C20H32N2O4. The maximum atomic E-state index is 12.9. The molecule has 1 saturated heterocycles. The van der Waals surface area contributed by atoms with E-state index in [2.05, 4.69) is 17.1 Å². The molecule has 1 fully saturated rings. The van der Waals surface area contributed by atoms with Crippen molar-refractivity contribution in [1.29, 1.82) is 0 Å². The molecule has 1 aliphatic heterocycles. The van der Waals surface area contributed by atoms with Gasteiger partial charge in [-0.05, 0) is 50.4 Å². The van der Waals surface area contributed by atoms with Gasteiger partial charge in [-0.1, -0.05) is 13.0 Å². The van der Waals surface area contributed by atoms with Crippen LogP contribution in [0.15, 0.2) is 12.1 Å². The van der Waals surface area contributed by atoms with Crippen molar-refractivity contribution < 1.29 is 19.0 Å². The van der Waals surface area contributed by atoms with Gasteiger partial charge in [0.25, 0.3) is 0 Å². The van der Waals surface area contributed by atoms with Crippen LogP contribution >= 0.6 is 0 Å². The van der Waals surface area contributed by atoms with Gasteiger partial charge in [0.2, 0.25) is 11.7 Å². The molecule has 0 aliphatic carbocycles. The lowest BCUT2D eigenvalue weighted by Crippen LogP contribution is -2.46. The van der Waals surface area contributed by atoms with Crippen LogP contribution in [0.2, 0.25) is 0 Å². The van der Waals surface area contributed by atoms with Gasteiger partial charge in [-0.15, -0.1) is 0 Å². The first-order chi connectivity index (χ1) is 12.7. The molecule has 0 atom stereocenters. The number of hydrogen-bond donors (Lipinski definition) is 1. The van der Waals surface area contributed by atoms with Crippen LogP contribution in [-0.2, 0) is 11.2 Å². The molecule has 0 spiro atoms. The molecule has 0 saturated carbocycles. The molecule has 6 heteroatoms. The number of hydrogen-bond acceptors (Lipinski definition) is 5. The quantitative estimate of drug-likeness (QED) is 0.730. The third-order valence-corrected chi connectivity index (χ3v) is 4.93. The van der Waals surface area contributed by atoms with Gasteiger partial charge in [-0.25, -0.2) is 0 Å². The Labute approximate surface area is 156 Å². The first-order valence-electron chi connectivity index (χ1n) is 9.44. The number of nitrogens with zero attached hydrogens (tertiary/aromatic N) is 1. The monoisotopic (exact) mass is 364 g/mol. The third kappa shape index (κ3) is 4.81. The van der Waals surface area contributed by atoms with Crippen LogP contribution in [0.1, 0.15) is 38.2 Å². The van der Waals surface area contributed by atoms with Gasteiger partial charge in [0.1, 0.15) is 0 Å². The maximum absolute atomic E-state index is 12.9. The number of benzene rings is 1. The molecule has 2 rings (SSSR count). The second kappa shape index (κ2) is 10.3. The van der Waals surface area contributed by atoms with E-state index in [4.69, 9.17) is 14.2 Å². The van der Waals surface area contributed by atoms with E-state index >= 15 is 0 Å². The summed E-state index contributed by atoms with van der Waals surface area (Å²) in [4.78, 5) is 15.0.